The van der Waals surface area contributed by atoms with Crippen LogP contribution in [0.3, 0.4) is 0 Å². The molecule has 0 spiro atoms. The van der Waals surface area contributed by atoms with Gasteiger partial charge in [-0.25, -0.2) is 12.8 Å². The first-order valence-corrected chi connectivity index (χ1v) is 5.62. The minimum atomic E-state index is -4.34. The maximum atomic E-state index is 12.8. The summed E-state index contributed by atoms with van der Waals surface area (Å²) in [4.78, 5) is 8.10. The van der Waals surface area contributed by atoms with Gasteiger partial charge in [-0.3, -0.25) is 10.1 Å². The van der Waals surface area contributed by atoms with E-state index in [2.05, 4.69) is 0 Å². The highest BCUT2D eigenvalue weighted by Crippen LogP contribution is 2.26. The van der Waals surface area contributed by atoms with E-state index in [4.69, 9.17) is 10.7 Å². The number of hydrogen-bond acceptors (Lipinski definition) is 4. The normalized spacial score (nSPS) is 11.4. The SMILES string of the molecule is O=[N+]([O-])c1cc(S(=O)(=O)Cl)cc(F)c1F. The Balaban J connectivity index is 3.57. The summed E-state index contributed by atoms with van der Waals surface area (Å²) in [5, 5.41) is 10.2. The van der Waals surface area contributed by atoms with Gasteiger partial charge in [0.05, 0.1) is 9.82 Å². The Kier molecular flexibility index (Phi) is 2.91. The highest BCUT2D eigenvalue weighted by molar-refractivity contribution is 8.13. The van der Waals surface area contributed by atoms with Crippen molar-refractivity contribution in [2.24, 2.45) is 0 Å². The van der Waals surface area contributed by atoms with Crippen molar-refractivity contribution >= 4 is 25.4 Å². The number of benzene rings is 1. The Hall–Kier alpha value is -1.28. The molecule has 0 aromatic heterocycles. The Morgan fingerprint density at radius 3 is 2.27 bits per heavy atom. The van der Waals surface area contributed by atoms with Crippen molar-refractivity contribution in [3.05, 3.63) is 33.9 Å². The number of nitrogens with zero attached hydrogens (tertiary/aromatic N) is 1. The van der Waals surface area contributed by atoms with Gasteiger partial charge in [0.1, 0.15) is 0 Å². The highest BCUT2D eigenvalue weighted by Gasteiger charge is 2.24. The molecule has 0 heterocycles. The molecule has 0 aliphatic carbocycles. The maximum Gasteiger partial charge on any atom is 0.309 e. The second kappa shape index (κ2) is 3.70. The van der Waals surface area contributed by atoms with Crippen LogP contribution in [-0.2, 0) is 9.05 Å². The molecule has 1 aromatic rings. The summed E-state index contributed by atoms with van der Waals surface area (Å²) in [5.41, 5.74) is -1.28. The Labute approximate surface area is 86.8 Å². The van der Waals surface area contributed by atoms with Gasteiger partial charge in [-0.15, -0.1) is 0 Å². The van der Waals surface area contributed by atoms with Crippen LogP contribution < -0.4 is 0 Å². The number of nitro groups is 1. The zero-order valence-corrected chi connectivity index (χ0v) is 8.35. The van der Waals surface area contributed by atoms with Crippen LogP contribution >= 0.6 is 10.7 Å². The molecular weight excluding hydrogens is 256 g/mol. The minimum Gasteiger partial charge on any atom is -0.258 e. The molecule has 0 fully saturated rings. The first kappa shape index (κ1) is 11.8. The predicted octanol–water partition coefficient (Wildman–Crippen LogP) is 1.80. The number of halogens is 3. The standard InChI is InChI=1S/C6H2ClF2NO4S/c7-15(13,14)3-1-4(8)6(9)5(2-3)10(11)12/h1-2H. The molecule has 1 rings (SSSR count). The largest absolute Gasteiger partial charge is 0.309 e. The lowest BCUT2D eigenvalue weighted by atomic mass is 10.3. The third-order valence-corrected chi connectivity index (χ3v) is 2.79. The van der Waals surface area contributed by atoms with Crippen molar-refractivity contribution in [2.75, 3.05) is 0 Å². The van der Waals surface area contributed by atoms with Gasteiger partial charge in [0.25, 0.3) is 9.05 Å². The van der Waals surface area contributed by atoms with E-state index in [-0.39, 0.29) is 6.07 Å². The summed E-state index contributed by atoms with van der Waals surface area (Å²) in [6.07, 6.45) is 0. The first-order valence-electron chi connectivity index (χ1n) is 3.31. The van der Waals surface area contributed by atoms with Crippen LogP contribution in [0.5, 0.6) is 0 Å². The Morgan fingerprint density at radius 2 is 1.87 bits per heavy atom. The van der Waals surface area contributed by atoms with E-state index in [1.54, 1.807) is 0 Å². The lowest BCUT2D eigenvalue weighted by Crippen LogP contribution is -2.00. The topological polar surface area (TPSA) is 77.3 Å². The van der Waals surface area contributed by atoms with Crippen molar-refractivity contribution in [2.45, 2.75) is 4.90 Å². The molecule has 0 saturated heterocycles. The number of hydrogen-bond donors (Lipinski definition) is 0. The van der Waals surface area contributed by atoms with E-state index in [1.807, 2.05) is 0 Å². The van der Waals surface area contributed by atoms with Crippen molar-refractivity contribution < 1.29 is 22.1 Å². The van der Waals surface area contributed by atoms with Crippen LogP contribution in [0.25, 0.3) is 0 Å². The molecule has 9 heteroatoms. The van der Waals surface area contributed by atoms with Crippen LogP contribution in [0.15, 0.2) is 17.0 Å². The lowest BCUT2D eigenvalue weighted by Gasteiger charge is -1.99. The second-order valence-corrected chi connectivity index (χ2v) is 5.00. The number of rotatable bonds is 2. The van der Waals surface area contributed by atoms with Crippen LogP contribution in [0.1, 0.15) is 0 Å². The highest BCUT2D eigenvalue weighted by atomic mass is 35.7. The fraction of sp³-hybridized carbons (Fsp3) is 0. The van der Waals surface area contributed by atoms with E-state index in [1.165, 1.54) is 0 Å². The van der Waals surface area contributed by atoms with Crippen LogP contribution in [0, 0.1) is 21.7 Å². The molecular formula is C6H2ClF2NO4S. The smallest absolute Gasteiger partial charge is 0.258 e. The summed E-state index contributed by atoms with van der Waals surface area (Å²) in [5.74, 6) is -3.38. The quantitative estimate of drug-likeness (QED) is 0.460. The monoisotopic (exact) mass is 257 g/mol. The van der Waals surface area contributed by atoms with E-state index < -0.39 is 36.2 Å². The summed E-state index contributed by atoms with van der Waals surface area (Å²) >= 11 is 0. The third-order valence-electron chi connectivity index (χ3n) is 1.46. The van der Waals surface area contributed by atoms with Crippen LogP contribution in [0.4, 0.5) is 14.5 Å². The summed E-state index contributed by atoms with van der Waals surface area (Å²) in [7, 11) is 0.483. The van der Waals surface area contributed by atoms with Gasteiger partial charge < -0.3 is 0 Å². The lowest BCUT2D eigenvalue weighted by molar-refractivity contribution is -0.388. The maximum absolute atomic E-state index is 12.8. The molecule has 0 amide bonds. The molecule has 0 N–H and O–H groups in total. The molecule has 1 aromatic carbocycles. The van der Waals surface area contributed by atoms with E-state index in [0.717, 1.165) is 0 Å². The van der Waals surface area contributed by atoms with Crippen molar-refractivity contribution in [3.63, 3.8) is 0 Å². The van der Waals surface area contributed by atoms with Gasteiger partial charge >= 0.3 is 5.69 Å². The molecule has 82 valence electrons. The van der Waals surface area contributed by atoms with Gasteiger partial charge in [-0.05, 0) is 6.07 Å². The van der Waals surface area contributed by atoms with Crippen molar-refractivity contribution in [3.8, 4) is 0 Å². The van der Waals surface area contributed by atoms with Gasteiger partial charge in [0, 0.05) is 16.7 Å². The molecule has 0 bridgehead atoms. The van der Waals surface area contributed by atoms with Crippen molar-refractivity contribution in [1.82, 2.24) is 0 Å². The van der Waals surface area contributed by atoms with Gasteiger partial charge in [-0.1, -0.05) is 0 Å². The summed E-state index contributed by atoms with van der Waals surface area (Å²) in [6.45, 7) is 0. The van der Waals surface area contributed by atoms with E-state index in [0.29, 0.717) is 6.07 Å². The van der Waals surface area contributed by atoms with Crippen LogP contribution in [0.2, 0.25) is 0 Å². The fourth-order valence-electron chi connectivity index (χ4n) is 0.824. The van der Waals surface area contributed by atoms with Gasteiger partial charge in [0.2, 0.25) is 5.82 Å². The summed E-state index contributed by atoms with van der Waals surface area (Å²) in [6, 6.07) is 0.616. The molecule has 0 saturated carbocycles. The zero-order chi connectivity index (χ0) is 11.8. The molecule has 5 nitrogen and oxygen atoms in total. The molecule has 15 heavy (non-hydrogen) atoms. The third kappa shape index (κ3) is 2.39. The average Bonchev–Trinajstić information content (AvgIpc) is 2.06. The second-order valence-electron chi connectivity index (χ2n) is 2.43. The van der Waals surface area contributed by atoms with Gasteiger partial charge in [-0.2, -0.15) is 4.39 Å². The van der Waals surface area contributed by atoms with Crippen molar-refractivity contribution in [1.29, 1.82) is 0 Å². The minimum absolute atomic E-state index is 0.269. The van der Waals surface area contributed by atoms with E-state index in [9.17, 15) is 27.3 Å². The fourth-order valence-corrected chi connectivity index (χ4v) is 1.59. The zero-order valence-electron chi connectivity index (χ0n) is 6.78. The van der Waals surface area contributed by atoms with E-state index >= 15 is 0 Å². The Bertz CT molecular complexity index is 530. The van der Waals surface area contributed by atoms with Gasteiger partial charge in [0.15, 0.2) is 5.82 Å². The average molecular weight is 258 g/mol. The molecule has 0 radical (unpaired) electrons. The predicted molar refractivity (Wildman–Crippen MR) is 46.1 cm³/mol. The molecule has 0 aliphatic rings. The Morgan fingerprint density at radius 1 is 1.33 bits per heavy atom. The summed E-state index contributed by atoms with van der Waals surface area (Å²) < 4.78 is 46.9. The van der Waals surface area contributed by atoms with Crippen LogP contribution in [-0.4, -0.2) is 13.3 Å². The molecule has 0 atom stereocenters. The first-order chi connectivity index (χ1) is 6.73. The molecule has 0 aliphatic heterocycles. The number of nitro benzene ring substituents is 1. The molecule has 0 unspecified atom stereocenters.